The van der Waals surface area contributed by atoms with Crippen LogP contribution in [0.2, 0.25) is 0 Å². The minimum absolute atomic E-state index is 0.254. The van der Waals surface area contributed by atoms with E-state index in [1.165, 1.54) is 0 Å². The third-order valence-corrected chi connectivity index (χ3v) is 5.22. The molecule has 0 atom stereocenters. The largest absolute Gasteiger partial charge is 0.478 e. The van der Waals surface area contributed by atoms with Gasteiger partial charge in [-0.25, -0.2) is 14.6 Å². The van der Waals surface area contributed by atoms with Crippen molar-refractivity contribution in [2.75, 3.05) is 13.1 Å². The Labute approximate surface area is 156 Å². The minimum atomic E-state index is -0.946. The minimum Gasteiger partial charge on any atom is -0.478 e. The number of hydrogen-bond donors (Lipinski definition) is 1. The van der Waals surface area contributed by atoms with E-state index in [0.29, 0.717) is 19.5 Å². The summed E-state index contributed by atoms with van der Waals surface area (Å²) in [6.07, 6.45) is 1.11. The first-order chi connectivity index (χ1) is 12.2. The summed E-state index contributed by atoms with van der Waals surface area (Å²) in [6.45, 7) is 6.74. The highest BCUT2D eigenvalue weighted by atomic mass is 32.1. The van der Waals surface area contributed by atoms with E-state index in [1.54, 1.807) is 34.4 Å². The van der Waals surface area contributed by atoms with Crippen LogP contribution in [0.15, 0.2) is 24.3 Å². The monoisotopic (exact) mass is 374 g/mol. The molecule has 0 aliphatic carbocycles. The van der Waals surface area contributed by atoms with Crippen molar-refractivity contribution in [1.82, 2.24) is 9.88 Å². The molecule has 1 N–H and O–H groups in total. The molecule has 1 amide bonds. The van der Waals surface area contributed by atoms with Crippen molar-refractivity contribution < 1.29 is 19.4 Å². The van der Waals surface area contributed by atoms with Crippen LogP contribution < -0.4 is 0 Å². The first-order valence-electron chi connectivity index (χ1n) is 8.53. The highest BCUT2D eigenvalue weighted by Crippen LogP contribution is 2.31. The van der Waals surface area contributed by atoms with E-state index in [9.17, 15) is 9.59 Å². The standard InChI is InChI=1S/C19H22N2O4S/c1-19(2,3)25-18(24)21-9-7-14-15(8-10-21)26-16(20-14)12-5-4-6-13(11-12)17(22)23/h4-6,11H,7-10H2,1-3H3,(H,22,23). The SMILES string of the molecule is CC(C)(C)OC(=O)N1CCc2nc(-c3cccc(C(=O)O)c3)sc2CC1. The molecule has 0 saturated heterocycles. The fraction of sp³-hybridized carbons (Fsp3) is 0.421. The number of ether oxygens (including phenoxy) is 1. The predicted octanol–water partition coefficient (Wildman–Crippen LogP) is 3.84. The van der Waals surface area contributed by atoms with E-state index in [1.807, 2.05) is 26.8 Å². The van der Waals surface area contributed by atoms with Gasteiger partial charge in [0.15, 0.2) is 0 Å². The Bertz CT molecular complexity index is 813. The maximum Gasteiger partial charge on any atom is 0.410 e. The third-order valence-electron chi connectivity index (χ3n) is 4.01. The Morgan fingerprint density at radius 1 is 1.23 bits per heavy atom. The van der Waals surface area contributed by atoms with Crippen LogP contribution in [0.4, 0.5) is 4.79 Å². The second-order valence-electron chi connectivity index (χ2n) is 7.24. The van der Waals surface area contributed by atoms with Gasteiger partial charge in [-0.3, -0.25) is 0 Å². The van der Waals surface area contributed by atoms with Gasteiger partial charge in [0, 0.05) is 36.4 Å². The number of aromatic nitrogens is 1. The van der Waals surface area contributed by atoms with Crippen LogP contribution in [0.5, 0.6) is 0 Å². The van der Waals surface area contributed by atoms with Crippen molar-refractivity contribution in [3.05, 3.63) is 40.4 Å². The summed E-state index contributed by atoms with van der Waals surface area (Å²) in [4.78, 5) is 31.0. The fourth-order valence-corrected chi connectivity index (χ4v) is 3.87. The summed E-state index contributed by atoms with van der Waals surface area (Å²) >= 11 is 1.57. The molecule has 26 heavy (non-hydrogen) atoms. The van der Waals surface area contributed by atoms with Gasteiger partial charge in [0.2, 0.25) is 0 Å². The smallest absolute Gasteiger partial charge is 0.410 e. The van der Waals surface area contributed by atoms with Gasteiger partial charge >= 0.3 is 12.1 Å². The molecular formula is C19H22N2O4S. The lowest BCUT2D eigenvalue weighted by atomic mass is 10.1. The van der Waals surface area contributed by atoms with E-state index >= 15 is 0 Å². The summed E-state index contributed by atoms with van der Waals surface area (Å²) in [6, 6.07) is 6.82. The molecular weight excluding hydrogens is 352 g/mol. The van der Waals surface area contributed by atoms with Crippen LogP contribution in [0, 0.1) is 0 Å². The Kier molecular flexibility index (Phi) is 5.00. The number of carbonyl (C=O) groups excluding carboxylic acids is 1. The molecule has 2 aromatic rings. The molecule has 0 fully saturated rings. The van der Waals surface area contributed by atoms with Gasteiger partial charge < -0.3 is 14.7 Å². The number of hydrogen-bond acceptors (Lipinski definition) is 5. The van der Waals surface area contributed by atoms with Gasteiger partial charge in [0.1, 0.15) is 10.6 Å². The lowest BCUT2D eigenvalue weighted by Crippen LogP contribution is -2.38. The van der Waals surface area contributed by atoms with E-state index in [0.717, 1.165) is 27.6 Å². The highest BCUT2D eigenvalue weighted by molar-refractivity contribution is 7.15. The molecule has 2 heterocycles. The Morgan fingerprint density at radius 3 is 2.65 bits per heavy atom. The lowest BCUT2D eigenvalue weighted by Gasteiger charge is -2.26. The lowest BCUT2D eigenvalue weighted by molar-refractivity contribution is 0.0258. The molecule has 0 unspecified atom stereocenters. The zero-order valence-electron chi connectivity index (χ0n) is 15.1. The van der Waals surface area contributed by atoms with Crippen molar-refractivity contribution in [2.45, 2.75) is 39.2 Å². The van der Waals surface area contributed by atoms with Gasteiger partial charge in [-0.1, -0.05) is 12.1 Å². The van der Waals surface area contributed by atoms with Crippen LogP contribution in [0.3, 0.4) is 0 Å². The van der Waals surface area contributed by atoms with Crippen LogP contribution in [-0.2, 0) is 17.6 Å². The van der Waals surface area contributed by atoms with Gasteiger partial charge in [0.05, 0.1) is 11.3 Å². The first kappa shape index (κ1) is 18.4. The number of carboxylic acids is 1. The average Bonchev–Trinajstić information content (AvgIpc) is 2.86. The topological polar surface area (TPSA) is 79.7 Å². The van der Waals surface area contributed by atoms with Crippen molar-refractivity contribution in [1.29, 1.82) is 0 Å². The number of thiazole rings is 1. The number of carbonyl (C=O) groups is 2. The molecule has 0 bridgehead atoms. The van der Waals surface area contributed by atoms with Crippen molar-refractivity contribution >= 4 is 23.4 Å². The van der Waals surface area contributed by atoms with Gasteiger partial charge in [-0.2, -0.15) is 0 Å². The molecule has 3 rings (SSSR count). The zero-order chi connectivity index (χ0) is 18.9. The van der Waals surface area contributed by atoms with E-state index < -0.39 is 11.6 Å². The molecule has 0 spiro atoms. The van der Waals surface area contributed by atoms with E-state index in [2.05, 4.69) is 0 Å². The summed E-state index contributed by atoms with van der Waals surface area (Å²) in [5.74, 6) is -0.946. The van der Waals surface area contributed by atoms with E-state index in [4.69, 9.17) is 14.8 Å². The molecule has 138 valence electrons. The van der Waals surface area contributed by atoms with Crippen molar-refractivity contribution in [2.24, 2.45) is 0 Å². The molecule has 7 heteroatoms. The quantitative estimate of drug-likeness (QED) is 0.864. The Hall–Kier alpha value is -2.41. The normalized spacial score (nSPS) is 14.5. The van der Waals surface area contributed by atoms with Crippen molar-refractivity contribution in [3.63, 3.8) is 0 Å². The molecule has 0 radical (unpaired) electrons. The van der Waals surface area contributed by atoms with Crippen LogP contribution >= 0.6 is 11.3 Å². The second kappa shape index (κ2) is 7.07. The predicted molar refractivity (Wildman–Crippen MR) is 99.7 cm³/mol. The molecule has 1 aliphatic heterocycles. The number of benzene rings is 1. The number of nitrogens with zero attached hydrogens (tertiary/aromatic N) is 2. The second-order valence-corrected chi connectivity index (χ2v) is 8.33. The molecule has 1 aromatic carbocycles. The summed E-state index contributed by atoms with van der Waals surface area (Å²) in [7, 11) is 0. The number of amides is 1. The van der Waals surface area contributed by atoms with Gasteiger partial charge in [0.25, 0.3) is 0 Å². The Morgan fingerprint density at radius 2 is 1.96 bits per heavy atom. The van der Waals surface area contributed by atoms with Crippen LogP contribution in [0.1, 0.15) is 41.7 Å². The fourth-order valence-electron chi connectivity index (χ4n) is 2.78. The number of fused-ring (bicyclic) bond motifs is 1. The van der Waals surface area contributed by atoms with E-state index in [-0.39, 0.29) is 11.7 Å². The highest BCUT2D eigenvalue weighted by Gasteiger charge is 2.26. The average molecular weight is 374 g/mol. The number of aromatic carboxylic acids is 1. The number of carboxylic acid groups (broad SMARTS) is 1. The molecule has 0 saturated carbocycles. The van der Waals surface area contributed by atoms with Crippen LogP contribution in [0.25, 0.3) is 10.6 Å². The summed E-state index contributed by atoms with van der Waals surface area (Å²) in [5.41, 5.74) is 1.54. The third kappa shape index (κ3) is 4.22. The maximum absolute atomic E-state index is 12.3. The van der Waals surface area contributed by atoms with Gasteiger partial charge in [-0.15, -0.1) is 11.3 Å². The Balaban J connectivity index is 1.75. The molecule has 1 aliphatic rings. The first-order valence-corrected chi connectivity index (χ1v) is 9.35. The number of rotatable bonds is 2. The maximum atomic E-state index is 12.3. The summed E-state index contributed by atoms with van der Waals surface area (Å²) < 4.78 is 5.45. The van der Waals surface area contributed by atoms with Crippen LogP contribution in [-0.4, -0.2) is 45.7 Å². The zero-order valence-corrected chi connectivity index (χ0v) is 15.9. The van der Waals surface area contributed by atoms with Crippen molar-refractivity contribution in [3.8, 4) is 10.6 Å². The molecule has 1 aromatic heterocycles. The van der Waals surface area contributed by atoms with Gasteiger partial charge in [-0.05, 0) is 32.9 Å². The summed E-state index contributed by atoms with van der Waals surface area (Å²) in [5, 5.41) is 9.97. The molecule has 6 nitrogen and oxygen atoms in total.